The van der Waals surface area contributed by atoms with E-state index in [-0.39, 0.29) is 0 Å². The summed E-state index contributed by atoms with van der Waals surface area (Å²) in [4.78, 5) is 0. The van der Waals surface area contributed by atoms with Gasteiger partial charge in [0, 0.05) is 11.4 Å². The zero-order valence-corrected chi connectivity index (χ0v) is 16.9. The summed E-state index contributed by atoms with van der Waals surface area (Å²) in [5.41, 5.74) is 2.92. The maximum absolute atomic E-state index is 9.10. The first-order chi connectivity index (χ1) is 12.3. The number of benzene rings is 2. The van der Waals surface area contributed by atoms with Crippen molar-refractivity contribution in [1.82, 2.24) is 0 Å². The van der Waals surface area contributed by atoms with Crippen LogP contribution in [0.3, 0.4) is 0 Å². The van der Waals surface area contributed by atoms with E-state index < -0.39 is 18.5 Å². The summed E-state index contributed by atoms with van der Waals surface area (Å²) in [5, 5.41) is 43.1. The second-order valence-corrected chi connectivity index (χ2v) is 7.20. The molecule has 0 saturated heterocycles. The maximum Gasteiger partial charge on any atom is 0.631 e. The van der Waals surface area contributed by atoms with E-state index >= 15 is 0 Å². The van der Waals surface area contributed by atoms with Gasteiger partial charge in [-0.1, -0.05) is 30.3 Å². The molecule has 0 atom stereocenters. The van der Waals surface area contributed by atoms with Crippen molar-refractivity contribution in [3.63, 3.8) is 0 Å². The van der Waals surface area contributed by atoms with Crippen LogP contribution in [0.1, 0.15) is 38.8 Å². The minimum atomic E-state index is -2.17. The van der Waals surface area contributed by atoms with Gasteiger partial charge in [0.25, 0.3) is 0 Å². The second-order valence-electron chi connectivity index (χ2n) is 7.20. The Morgan fingerprint density at radius 3 is 1.59 bits per heavy atom. The summed E-state index contributed by atoms with van der Waals surface area (Å²) < 4.78 is 0. The molecule has 0 amide bonds. The molecule has 6 nitrogen and oxygen atoms in total. The van der Waals surface area contributed by atoms with Gasteiger partial charge in [0.15, 0.2) is 0 Å². The van der Waals surface area contributed by atoms with Gasteiger partial charge >= 0.3 is 7.32 Å². The van der Waals surface area contributed by atoms with Gasteiger partial charge in [-0.05, 0) is 70.9 Å². The molecule has 0 fully saturated rings. The predicted octanol–water partition coefficient (Wildman–Crippen LogP) is 2.52. The lowest BCUT2D eigenvalue weighted by Gasteiger charge is -2.31. The fourth-order valence-electron chi connectivity index (χ4n) is 1.56. The first-order valence-electron chi connectivity index (χ1n) is 8.63. The number of hydrogen-bond acceptors (Lipinski definition) is 6. The highest BCUT2D eigenvalue weighted by Crippen LogP contribution is 2.22. The molecule has 0 aliphatic rings. The van der Waals surface area contributed by atoms with E-state index in [0.717, 1.165) is 5.69 Å². The summed E-state index contributed by atoms with van der Waals surface area (Å²) in [7, 11) is -2.17. The normalized spacial score (nSPS) is 10.8. The van der Waals surface area contributed by atoms with Gasteiger partial charge in [-0.15, -0.1) is 0 Å². The van der Waals surface area contributed by atoms with Gasteiger partial charge in [0.05, 0.1) is 11.2 Å². The molecule has 150 valence electrons. The summed E-state index contributed by atoms with van der Waals surface area (Å²) >= 11 is 0. The van der Waals surface area contributed by atoms with Crippen molar-refractivity contribution in [2.45, 2.75) is 52.7 Å². The molecule has 2 aromatic rings. The predicted molar refractivity (Wildman–Crippen MR) is 111 cm³/mol. The van der Waals surface area contributed by atoms with Gasteiger partial charge in [-0.2, -0.15) is 0 Å². The number of aryl methyl sites for hydroxylation is 1. The number of para-hydroxylation sites is 1. The minimum absolute atomic E-state index is 1.01. The average Bonchev–Trinajstić information content (AvgIpc) is 2.51. The molecule has 0 aromatic heterocycles. The van der Waals surface area contributed by atoms with Crippen LogP contribution in [0.15, 0.2) is 48.5 Å². The summed E-state index contributed by atoms with van der Waals surface area (Å²) in [6.45, 7) is 10.6. The number of aliphatic hydroxyl groups is 2. The Balaban J connectivity index is 0.000000476. The molecular formula is C20H32BNO5. The lowest BCUT2D eigenvalue weighted by molar-refractivity contribution is -0.107. The zero-order valence-electron chi connectivity index (χ0n) is 16.9. The molecule has 0 radical (unpaired) electrons. The quantitative estimate of drug-likeness (QED) is 0.459. The van der Waals surface area contributed by atoms with Crippen molar-refractivity contribution in [3.05, 3.63) is 59.7 Å². The number of anilines is 2. The molecule has 0 bridgehead atoms. The first-order valence-corrected chi connectivity index (χ1v) is 8.63. The lowest BCUT2D eigenvalue weighted by atomic mass is 9.90. The van der Waals surface area contributed by atoms with E-state index in [1.165, 1.54) is 16.8 Å². The van der Waals surface area contributed by atoms with Crippen molar-refractivity contribution in [2.75, 3.05) is 5.32 Å². The van der Waals surface area contributed by atoms with Crippen LogP contribution in [0.4, 0.5) is 11.4 Å². The van der Waals surface area contributed by atoms with E-state index in [2.05, 4.69) is 49.5 Å². The Bertz CT molecular complexity index is 650. The largest absolute Gasteiger partial charge is 0.631 e. The molecule has 2 aromatic carbocycles. The Labute approximate surface area is 162 Å². The van der Waals surface area contributed by atoms with Crippen LogP contribution < -0.4 is 5.32 Å². The topological polar surface area (TPSA) is 113 Å². The number of rotatable bonds is 3. The summed E-state index contributed by atoms with van der Waals surface area (Å²) in [6.07, 6.45) is 0. The highest BCUT2D eigenvalue weighted by Gasteiger charge is 2.31. The lowest BCUT2D eigenvalue weighted by Crippen LogP contribution is -2.44. The van der Waals surface area contributed by atoms with Crippen LogP contribution >= 0.6 is 0 Å². The summed E-state index contributed by atoms with van der Waals surface area (Å²) in [6, 6.07) is 16.5. The monoisotopic (exact) mass is 377 g/mol. The van der Waals surface area contributed by atoms with Gasteiger partial charge in [-0.3, -0.25) is 0 Å². The molecule has 0 heterocycles. The Kier molecular flexibility index (Phi) is 10.3. The molecule has 0 aliphatic carbocycles. The maximum atomic E-state index is 9.10. The van der Waals surface area contributed by atoms with Gasteiger partial charge < -0.3 is 30.6 Å². The second kappa shape index (κ2) is 11.1. The molecule has 27 heavy (non-hydrogen) atoms. The van der Waals surface area contributed by atoms with Crippen LogP contribution in [-0.2, 0) is 0 Å². The molecular weight excluding hydrogens is 345 g/mol. The molecule has 7 heteroatoms. The molecule has 0 spiro atoms. The van der Waals surface area contributed by atoms with E-state index in [4.69, 9.17) is 25.3 Å². The Morgan fingerprint density at radius 2 is 1.19 bits per heavy atom. The van der Waals surface area contributed by atoms with E-state index in [9.17, 15) is 0 Å². The number of hydrogen-bond donors (Lipinski definition) is 6. The SMILES string of the molecule is CC(C)(O)C(C)(C)O.Cc1cccc(Nc2ccccc2)c1C.OB(O)O. The van der Waals surface area contributed by atoms with E-state index in [0.29, 0.717) is 0 Å². The van der Waals surface area contributed by atoms with Gasteiger partial charge in [0.2, 0.25) is 0 Å². The van der Waals surface area contributed by atoms with Crippen LogP contribution in [0.5, 0.6) is 0 Å². The molecule has 0 unspecified atom stereocenters. The molecule has 6 N–H and O–H groups in total. The van der Waals surface area contributed by atoms with Crippen LogP contribution in [0, 0.1) is 13.8 Å². The Hall–Kier alpha value is -1.90. The van der Waals surface area contributed by atoms with Gasteiger partial charge in [-0.25, -0.2) is 0 Å². The van der Waals surface area contributed by atoms with Crippen LogP contribution in [-0.4, -0.2) is 43.8 Å². The Morgan fingerprint density at radius 1 is 0.741 bits per heavy atom. The fourth-order valence-corrected chi connectivity index (χ4v) is 1.56. The van der Waals surface area contributed by atoms with Crippen molar-refractivity contribution in [1.29, 1.82) is 0 Å². The van der Waals surface area contributed by atoms with Crippen molar-refractivity contribution < 1.29 is 25.3 Å². The van der Waals surface area contributed by atoms with Crippen LogP contribution in [0.2, 0.25) is 0 Å². The standard InChI is InChI=1S/C14H15N.C6H14O2.BH3O3/c1-11-7-6-10-14(12(11)2)15-13-8-4-3-5-9-13;1-5(2,7)6(3,4)8;2-1(3)4/h3-10,15H,1-2H3;7-8H,1-4H3;2-4H. The van der Waals surface area contributed by atoms with Crippen LogP contribution in [0.25, 0.3) is 0 Å². The molecule has 0 aliphatic heterocycles. The average molecular weight is 377 g/mol. The zero-order chi connectivity index (χ0) is 21.3. The third-order valence-electron chi connectivity index (χ3n) is 4.15. The third kappa shape index (κ3) is 10.7. The molecule has 0 saturated carbocycles. The number of nitrogens with one attached hydrogen (secondary N) is 1. The van der Waals surface area contributed by atoms with Crippen molar-refractivity contribution in [2.24, 2.45) is 0 Å². The summed E-state index contributed by atoms with van der Waals surface area (Å²) in [5.74, 6) is 0. The molecule has 2 rings (SSSR count). The van der Waals surface area contributed by atoms with Gasteiger partial charge in [0.1, 0.15) is 0 Å². The smallest absolute Gasteiger partial charge is 0.402 e. The van der Waals surface area contributed by atoms with E-state index in [1.54, 1.807) is 27.7 Å². The minimum Gasteiger partial charge on any atom is -0.402 e. The highest BCUT2D eigenvalue weighted by atomic mass is 16.5. The first kappa shape index (κ1) is 25.1. The van der Waals surface area contributed by atoms with E-state index in [1.807, 2.05) is 18.2 Å². The fraction of sp³-hybridized carbons (Fsp3) is 0.400. The highest BCUT2D eigenvalue weighted by molar-refractivity contribution is 6.30. The third-order valence-corrected chi connectivity index (χ3v) is 4.15. The van der Waals surface area contributed by atoms with Crippen molar-refractivity contribution in [3.8, 4) is 0 Å². The van der Waals surface area contributed by atoms with Crippen molar-refractivity contribution >= 4 is 18.7 Å².